The van der Waals surface area contributed by atoms with Crippen molar-refractivity contribution < 1.29 is 17.9 Å². The van der Waals surface area contributed by atoms with Crippen molar-refractivity contribution in [1.82, 2.24) is 10.2 Å². The molecular formula is C23H16Cl3N3O4S. The third-order valence-corrected chi connectivity index (χ3v) is 7.39. The number of nitrogens with zero attached hydrogens (tertiary/aromatic N) is 1. The van der Waals surface area contributed by atoms with Gasteiger partial charge in [-0.1, -0.05) is 34.8 Å². The van der Waals surface area contributed by atoms with E-state index in [1.165, 1.54) is 55.6 Å². The first kappa shape index (κ1) is 24.1. The average molecular weight is 537 g/mol. The molecule has 0 aliphatic carbocycles. The number of anilines is 1. The third-order valence-electron chi connectivity index (χ3n) is 4.84. The van der Waals surface area contributed by atoms with E-state index in [2.05, 4.69) is 15.5 Å². The van der Waals surface area contributed by atoms with E-state index in [1.54, 1.807) is 18.2 Å². The van der Waals surface area contributed by atoms with Crippen molar-refractivity contribution in [2.75, 3.05) is 12.4 Å². The van der Waals surface area contributed by atoms with Gasteiger partial charge in [0, 0.05) is 27.4 Å². The van der Waals surface area contributed by atoms with E-state index >= 15 is 0 Å². The van der Waals surface area contributed by atoms with Crippen LogP contribution in [0.3, 0.4) is 0 Å². The zero-order valence-corrected chi connectivity index (χ0v) is 20.6. The summed E-state index contributed by atoms with van der Waals surface area (Å²) < 4.78 is 31.4. The van der Waals surface area contributed by atoms with Gasteiger partial charge in [-0.3, -0.25) is 9.89 Å². The molecule has 1 amide bonds. The minimum atomic E-state index is -3.89. The highest BCUT2D eigenvalue weighted by atomic mass is 35.5. The minimum absolute atomic E-state index is 0.0530. The van der Waals surface area contributed by atoms with Crippen molar-refractivity contribution in [2.24, 2.45) is 0 Å². The highest BCUT2D eigenvalue weighted by Gasteiger charge is 2.21. The van der Waals surface area contributed by atoms with Crippen LogP contribution in [-0.2, 0) is 9.84 Å². The number of H-pyrrole nitrogens is 1. The molecule has 0 aliphatic heterocycles. The van der Waals surface area contributed by atoms with E-state index in [0.717, 1.165) is 0 Å². The van der Waals surface area contributed by atoms with Crippen molar-refractivity contribution in [3.63, 3.8) is 0 Å². The average Bonchev–Trinajstić information content (AvgIpc) is 3.29. The molecule has 4 rings (SSSR count). The number of benzene rings is 3. The molecule has 34 heavy (non-hydrogen) atoms. The molecule has 0 bridgehead atoms. The maximum atomic E-state index is 13.1. The van der Waals surface area contributed by atoms with E-state index in [0.29, 0.717) is 26.3 Å². The SMILES string of the molecule is COc1cc(NC(=O)c2cc(-c3ccc(Cl)cc3Cl)n[nH]2)cc(S(=O)(=O)c2ccc(Cl)cc2)c1. The number of carbonyl (C=O) groups is 1. The number of halogens is 3. The molecule has 0 unspecified atom stereocenters. The molecule has 0 radical (unpaired) electrons. The van der Waals surface area contributed by atoms with Crippen LogP contribution in [0.25, 0.3) is 11.3 Å². The van der Waals surface area contributed by atoms with Gasteiger partial charge in [-0.15, -0.1) is 0 Å². The number of nitrogens with one attached hydrogen (secondary N) is 2. The lowest BCUT2D eigenvalue weighted by Crippen LogP contribution is -2.13. The fourth-order valence-electron chi connectivity index (χ4n) is 3.14. The van der Waals surface area contributed by atoms with Gasteiger partial charge < -0.3 is 10.1 Å². The predicted octanol–water partition coefficient (Wildman–Crippen LogP) is 6.13. The number of rotatable bonds is 6. The van der Waals surface area contributed by atoms with Gasteiger partial charge in [-0.2, -0.15) is 5.10 Å². The lowest BCUT2D eigenvalue weighted by Gasteiger charge is -2.11. The summed E-state index contributed by atoms with van der Waals surface area (Å²) in [5.74, 6) is -0.282. The summed E-state index contributed by atoms with van der Waals surface area (Å²) in [6.07, 6.45) is 0. The molecule has 0 spiro atoms. The Bertz CT molecular complexity index is 1490. The Morgan fingerprint density at radius 3 is 2.29 bits per heavy atom. The van der Waals surface area contributed by atoms with Crippen LogP contribution in [0.1, 0.15) is 10.5 Å². The normalized spacial score (nSPS) is 11.3. The van der Waals surface area contributed by atoms with E-state index in [-0.39, 0.29) is 26.9 Å². The molecule has 4 aromatic rings. The van der Waals surface area contributed by atoms with E-state index < -0.39 is 15.7 Å². The summed E-state index contributed by atoms with van der Waals surface area (Å²) in [7, 11) is -2.49. The Kier molecular flexibility index (Phi) is 6.86. The van der Waals surface area contributed by atoms with E-state index in [1.807, 2.05) is 0 Å². The van der Waals surface area contributed by atoms with E-state index in [4.69, 9.17) is 39.5 Å². The number of hydrogen-bond acceptors (Lipinski definition) is 5. The number of hydrogen-bond donors (Lipinski definition) is 2. The van der Waals surface area contributed by atoms with Crippen molar-refractivity contribution in [3.05, 3.63) is 87.5 Å². The number of amides is 1. The Morgan fingerprint density at radius 2 is 1.62 bits per heavy atom. The first-order valence-corrected chi connectivity index (χ1v) is 12.3. The van der Waals surface area contributed by atoms with Gasteiger partial charge in [0.1, 0.15) is 11.4 Å². The molecule has 2 N–H and O–H groups in total. The summed E-state index contributed by atoms with van der Waals surface area (Å²) in [6, 6.07) is 16.5. The van der Waals surface area contributed by atoms with Crippen LogP contribution in [0, 0.1) is 0 Å². The molecule has 0 saturated carbocycles. The van der Waals surface area contributed by atoms with Crippen LogP contribution in [0.4, 0.5) is 5.69 Å². The minimum Gasteiger partial charge on any atom is -0.497 e. The predicted molar refractivity (Wildman–Crippen MR) is 132 cm³/mol. The topological polar surface area (TPSA) is 101 Å². The van der Waals surface area contributed by atoms with Crippen molar-refractivity contribution in [2.45, 2.75) is 9.79 Å². The van der Waals surface area contributed by atoms with Gasteiger partial charge in [0.15, 0.2) is 0 Å². The lowest BCUT2D eigenvalue weighted by molar-refractivity contribution is 0.102. The second-order valence-electron chi connectivity index (χ2n) is 7.10. The van der Waals surface area contributed by atoms with Crippen LogP contribution in [0.5, 0.6) is 5.75 Å². The second kappa shape index (κ2) is 9.68. The molecule has 0 atom stereocenters. The Hall–Kier alpha value is -3.04. The number of carbonyl (C=O) groups excluding carboxylic acids is 1. The number of ether oxygens (including phenoxy) is 1. The largest absolute Gasteiger partial charge is 0.497 e. The van der Waals surface area contributed by atoms with Crippen LogP contribution in [0.2, 0.25) is 15.1 Å². The van der Waals surface area contributed by atoms with E-state index in [9.17, 15) is 13.2 Å². The second-order valence-corrected chi connectivity index (χ2v) is 10.3. The number of methoxy groups -OCH3 is 1. The molecular weight excluding hydrogens is 521 g/mol. The molecule has 0 aliphatic rings. The first-order valence-electron chi connectivity index (χ1n) is 9.69. The summed E-state index contributed by atoms with van der Waals surface area (Å²) in [5, 5.41) is 10.7. The van der Waals surface area contributed by atoms with Crippen molar-refractivity contribution >= 4 is 56.2 Å². The zero-order valence-electron chi connectivity index (χ0n) is 17.5. The fraction of sp³-hybridized carbons (Fsp3) is 0.0435. The smallest absolute Gasteiger partial charge is 0.273 e. The lowest BCUT2D eigenvalue weighted by atomic mass is 10.1. The van der Waals surface area contributed by atoms with Crippen LogP contribution >= 0.6 is 34.8 Å². The molecule has 1 heterocycles. The highest BCUT2D eigenvalue weighted by molar-refractivity contribution is 7.91. The number of sulfone groups is 1. The van der Waals surface area contributed by atoms with Crippen molar-refractivity contribution in [1.29, 1.82) is 0 Å². The maximum Gasteiger partial charge on any atom is 0.273 e. The van der Waals surface area contributed by atoms with Crippen LogP contribution in [0.15, 0.2) is 76.5 Å². The molecule has 7 nitrogen and oxygen atoms in total. The quantitative estimate of drug-likeness (QED) is 0.309. The monoisotopic (exact) mass is 535 g/mol. The third kappa shape index (κ3) is 5.05. The van der Waals surface area contributed by atoms with Gasteiger partial charge in [0.2, 0.25) is 9.84 Å². The van der Waals surface area contributed by atoms with Gasteiger partial charge in [-0.05, 0) is 60.7 Å². The standard InChI is InChI=1S/C23H16Cl3N3O4S/c1-33-16-9-15(10-18(11-16)34(31,32)17-5-2-13(24)3-6-17)27-23(30)22-12-21(28-29-22)19-7-4-14(25)8-20(19)26/h2-12H,1H3,(H,27,30)(H,28,29). The van der Waals surface area contributed by atoms with Gasteiger partial charge >= 0.3 is 0 Å². The fourth-order valence-corrected chi connectivity index (χ4v) is 5.09. The molecule has 1 aromatic heterocycles. The Balaban J connectivity index is 1.62. The molecule has 174 valence electrons. The maximum absolute atomic E-state index is 13.1. The van der Waals surface area contributed by atoms with Crippen LogP contribution < -0.4 is 10.1 Å². The molecule has 3 aromatic carbocycles. The summed E-state index contributed by atoms with van der Waals surface area (Å²) >= 11 is 18.0. The zero-order chi connectivity index (χ0) is 24.5. The Labute approximate surface area is 210 Å². The van der Waals surface area contributed by atoms with Crippen LogP contribution in [-0.4, -0.2) is 31.6 Å². The van der Waals surface area contributed by atoms with Gasteiger partial charge in [0.05, 0.1) is 27.6 Å². The van der Waals surface area contributed by atoms with Crippen molar-refractivity contribution in [3.8, 4) is 17.0 Å². The summed E-state index contributed by atoms with van der Waals surface area (Å²) in [5.41, 5.74) is 1.41. The van der Waals surface area contributed by atoms with Gasteiger partial charge in [0.25, 0.3) is 5.91 Å². The Morgan fingerprint density at radius 1 is 0.912 bits per heavy atom. The number of aromatic nitrogens is 2. The molecule has 11 heteroatoms. The summed E-state index contributed by atoms with van der Waals surface area (Å²) in [4.78, 5) is 12.8. The first-order chi connectivity index (χ1) is 16.2. The summed E-state index contributed by atoms with van der Waals surface area (Å²) in [6.45, 7) is 0. The van der Waals surface area contributed by atoms with Gasteiger partial charge in [-0.25, -0.2) is 8.42 Å². The molecule has 0 fully saturated rings. The number of aromatic amines is 1. The highest BCUT2D eigenvalue weighted by Crippen LogP contribution is 2.31. The molecule has 0 saturated heterocycles.